The Bertz CT molecular complexity index is 1780. The number of carbonyl (C=O) groups is 2. The first-order valence-corrected chi connectivity index (χ1v) is 15.1. The Labute approximate surface area is 258 Å². The van der Waals surface area contributed by atoms with Crippen LogP contribution in [0.25, 0.3) is 16.0 Å². The van der Waals surface area contributed by atoms with Crippen LogP contribution >= 0.6 is 11.3 Å². The molecule has 1 unspecified atom stereocenters. The standard InChI is InChI=1S/C33H32N2O8S/c1-18(2)11-12-41-23-9-5-19(15-25(23)40-4)29-28(30(36)20-6-10-24-26(16-20)43-14-13-42-24)31(37)32(38)35(29)33-34-22-8-7-21(39-3)17-27(22)44-33/h5-10,15-18,29,36H,11-14H2,1-4H3/b30-28+. The van der Waals surface area contributed by atoms with E-state index in [1.165, 1.54) is 23.3 Å². The molecular weight excluding hydrogens is 584 g/mol. The lowest BCUT2D eigenvalue weighted by molar-refractivity contribution is -0.132. The molecule has 3 aromatic carbocycles. The Hall–Kier alpha value is -4.77. The van der Waals surface area contributed by atoms with Crippen molar-refractivity contribution < 1.29 is 38.4 Å². The highest BCUT2D eigenvalue weighted by atomic mass is 32.1. The molecule has 1 fully saturated rings. The molecule has 1 N–H and O–H groups in total. The molecule has 4 aromatic rings. The van der Waals surface area contributed by atoms with E-state index >= 15 is 0 Å². The zero-order valence-electron chi connectivity index (χ0n) is 24.8. The summed E-state index contributed by atoms with van der Waals surface area (Å²) >= 11 is 1.25. The molecule has 0 radical (unpaired) electrons. The van der Waals surface area contributed by atoms with Gasteiger partial charge in [-0.3, -0.25) is 14.5 Å². The predicted octanol–water partition coefficient (Wildman–Crippen LogP) is 6.14. The number of hydrogen-bond acceptors (Lipinski definition) is 10. The van der Waals surface area contributed by atoms with Gasteiger partial charge in [-0.1, -0.05) is 31.3 Å². The van der Waals surface area contributed by atoms with Gasteiger partial charge in [-0.2, -0.15) is 0 Å². The van der Waals surface area contributed by atoms with Crippen LogP contribution in [-0.2, 0) is 9.59 Å². The first-order chi connectivity index (χ1) is 21.3. The number of hydrogen-bond donors (Lipinski definition) is 1. The van der Waals surface area contributed by atoms with E-state index in [0.29, 0.717) is 76.3 Å². The van der Waals surface area contributed by atoms with E-state index in [0.717, 1.165) is 11.1 Å². The SMILES string of the molecule is COc1ccc2nc(N3C(=O)C(=O)/C(=C(/O)c4ccc5c(c4)OCCO5)C3c3ccc(OCCC(C)C)c(OC)c3)sc2c1. The van der Waals surface area contributed by atoms with Crippen LogP contribution < -0.4 is 28.6 Å². The van der Waals surface area contributed by atoms with Gasteiger partial charge in [-0.25, -0.2) is 4.98 Å². The van der Waals surface area contributed by atoms with Crippen LogP contribution in [0.15, 0.2) is 60.2 Å². The third kappa shape index (κ3) is 5.39. The van der Waals surface area contributed by atoms with Crippen molar-refractivity contribution in [2.45, 2.75) is 26.3 Å². The number of carbonyl (C=O) groups excluding carboxylic acids is 2. The van der Waals surface area contributed by atoms with E-state index in [2.05, 4.69) is 13.8 Å². The maximum absolute atomic E-state index is 13.8. The van der Waals surface area contributed by atoms with Crippen molar-refractivity contribution in [2.24, 2.45) is 5.92 Å². The Morgan fingerprint density at radius 1 is 1.00 bits per heavy atom. The first kappa shape index (κ1) is 29.3. The summed E-state index contributed by atoms with van der Waals surface area (Å²) in [4.78, 5) is 33.5. The maximum atomic E-state index is 13.8. The smallest absolute Gasteiger partial charge is 0.301 e. The fourth-order valence-corrected chi connectivity index (χ4v) is 6.21. The average molecular weight is 617 g/mol. The van der Waals surface area contributed by atoms with Gasteiger partial charge in [0.1, 0.15) is 24.7 Å². The minimum absolute atomic E-state index is 0.0842. The number of benzene rings is 3. The number of amides is 1. The van der Waals surface area contributed by atoms with Gasteiger partial charge in [-0.05, 0) is 66.4 Å². The first-order valence-electron chi connectivity index (χ1n) is 14.3. The monoisotopic (exact) mass is 616 g/mol. The van der Waals surface area contributed by atoms with Gasteiger partial charge in [0.25, 0.3) is 5.78 Å². The number of nitrogens with zero attached hydrogens (tertiary/aromatic N) is 2. The van der Waals surface area contributed by atoms with Crippen LogP contribution in [0.4, 0.5) is 5.13 Å². The number of Topliss-reactive ketones (excluding diaryl/α,β-unsaturated/α-hetero) is 1. The number of aliphatic hydroxyl groups is 1. The number of fused-ring (bicyclic) bond motifs is 2. The largest absolute Gasteiger partial charge is 0.507 e. The van der Waals surface area contributed by atoms with Crippen molar-refractivity contribution >= 4 is 44.1 Å². The van der Waals surface area contributed by atoms with Crippen molar-refractivity contribution in [3.8, 4) is 28.7 Å². The fraction of sp³-hybridized carbons (Fsp3) is 0.303. The number of ether oxygens (including phenoxy) is 5. The quantitative estimate of drug-likeness (QED) is 0.135. The van der Waals surface area contributed by atoms with E-state index < -0.39 is 17.7 Å². The van der Waals surface area contributed by atoms with Crippen molar-refractivity contribution in [3.05, 3.63) is 71.3 Å². The summed E-state index contributed by atoms with van der Waals surface area (Å²) in [6.07, 6.45) is 0.864. The Morgan fingerprint density at radius 3 is 2.55 bits per heavy atom. The third-order valence-electron chi connectivity index (χ3n) is 7.51. The normalized spacial score (nSPS) is 17.4. The number of aliphatic hydroxyl groups excluding tert-OH is 1. The molecular formula is C33H32N2O8S. The van der Waals surface area contributed by atoms with Gasteiger partial charge in [0.05, 0.1) is 42.7 Å². The number of rotatable bonds is 9. The highest BCUT2D eigenvalue weighted by Gasteiger charge is 2.48. The van der Waals surface area contributed by atoms with Crippen LogP contribution in [0, 0.1) is 5.92 Å². The molecule has 6 rings (SSSR count). The summed E-state index contributed by atoms with van der Waals surface area (Å²) in [5.41, 5.74) is 1.41. The van der Waals surface area contributed by atoms with Crippen molar-refractivity contribution in [2.75, 3.05) is 38.9 Å². The second kappa shape index (κ2) is 12.1. The third-order valence-corrected chi connectivity index (χ3v) is 8.52. The van der Waals surface area contributed by atoms with E-state index in [9.17, 15) is 14.7 Å². The van der Waals surface area contributed by atoms with Gasteiger partial charge in [0.15, 0.2) is 28.1 Å². The highest BCUT2D eigenvalue weighted by Crippen LogP contribution is 2.46. The summed E-state index contributed by atoms with van der Waals surface area (Å²) in [5.74, 6) is 1.07. The number of thiazole rings is 1. The molecule has 0 spiro atoms. The Balaban J connectivity index is 1.49. The lowest BCUT2D eigenvalue weighted by Gasteiger charge is -2.24. The Morgan fingerprint density at radius 2 is 1.80 bits per heavy atom. The van der Waals surface area contributed by atoms with E-state index in [4.69, 9.17) is 28.7 Å². The molecule has 1 amide bonds. The van der Waals surface area contributed by atoms with Crippen LogP contribution in [-0.4, -0.2) is 55.8 Å². The predicted molar refractivity (Wildman–Crippen MR) is 166 cm³/mol. The molecule has 0 saturated carbocycles. The van der Waals surface area contributed by atoms with Crippen LogP contribution in [0.3, 0.4) is 0 Å². The lowest BCUT2D eigenvalue weighted by atomic mass is 9.95. The van der Waals surface area contributed by atoms with Crippen molar-refractivity contribution in [3.63, 3.8) is 0 Å². The molecule has 44 heavy (non-hydrogen) atoms. The molecule has 1 aromatic heterocycles. The van der Waals surface area contributed by atoms with Gasteiger partial charge in [0, 0.05) is 5.56 Å². The highest BCUT2D eigenvalue weighted by molar-refractivity contribution is 7.22. The molecule has 1 atom stereocenters. The zero-order valence-corrected chi connectivity index (χ0v) is 25.6. The summed E-state index contributed by atoms with van der Waals surface area (Å²) in [7, 11) is 3.10. The fourth-order valence-electron chi connectivity index (χ4n) is 5.19. The molecule has 0 bridgehead atoms. The van der Waals surface area contributed by atoms with Crippen molar-refractivity contribution in [1.29, 1.82) is 0 Å². The molecule has 0 aliphatic carbocycles. The van der Waals surface area contributed by atoms with Gasteiger partial charge >= 0.3 is 5.91 Å². The van der Waals surface area contributed by atoms with Gasteiger partial charge in [-0.15, -0.1) is 0 Å². The van der Waals surface area contributed by atoms with Gasteiger partial charge in [0.2, 0.25) is 0 Å². The molecule has 3 heterocycles. The minimum Gasteiger partial charge on any atom is -0.507 e. The van der Waals surface area contributed by atoms with E-state index in [1.807, 2.05) is 6.07 Å². The minimum atomic E-state index is -1.01. The van der Waals surface area contributed by atoms with Crippen LogP contribution in [0.1, 0.15) is 37.4 Å². The molecule has 11 heteroatoms. The molecule has 2 aliphatic heterocycles. The van der Waals surface area contributed by atoms with Crippen LogP contribution in [0.5, 0.6) is 28.7 Å². The van der Waals surface area contributed by atoms with Crippen molar-refractivity contribution in [1.82, 2.24) is 4.98 Å². The van der Waals surface area contributed by atoms with E-state index in [1.54, 1.807) is 55.6 Å². The Kier molecular flexibility index (Phi) is 8.05. The number of aromatic nitrogens is 1. The maximum Gasteiger partial charge on any atom is 0.301 e. The summed E-state index contributed by atoms with van der Waals surface area (Å²) < 4.78 is 29.1. The number of anilines is 1. The topological polar surface area (TPSA) is 117 Å². The molecule has 2 aliphatic rings. The molecule has 1 saturated heterocycles. The summed E-state index contributed by atoms with van der Waals surface area (Å²) in [6, 6.07) is 14.5. The van der Waals surface area contributed by atoms with Crippen LogP contribution in [0.2, 0.25) is 0 Å². The lowest BCUT2D eigenvalue weighted by Crippen LogP contribution is -2.29. The summed E-state index contributed by atoms with van der Waals surface area (Å²) in [5, 5.41) is 12.0. The number of ketones is 1. The summed E-state index contributed by atoms with van der Waals surface area (Å²) in [6.45, 7) is 5.51. The average Bonchev–Trinajstić information content (AvgIpc) is 3.57. The van der Waals surface area contributed by atoms with E-state index in [-0.39, 0.29) is 11.3 Å². The molecule has 228 valence electrons. The zero-order chi connectivity index (χ0) is 31.0. The molecule has 10 nitrogen and oxygen atoms in total. The van der Waals surface area contributed by atoms with Gasteiger partial charge < -0.3 is 28.8 Å². The number of methoxy groups -OCH3 is 2. The second-order valence-corrected chi connectivity index (χ2v) is 11.8. The second-order valence-electron chi connectivity index (χ2n) is 10.8.